The van der Waals surface area contributed by atoms with Crippen molar-refractivity contribution in [3.05, 3.63) is 62.6 Å². The Morgan fingerprint density at radius 1 is 1.10 bits per heavy atom. The average molecular weight is 361 g/mol. The minimum atomic E-state index is -0.349. The van der Waals surface area contributed by atoms with E-state index in [0.29, 0.717) is 20.7 Å². The molecule has 102 valence electrons. The van der Waals surface area contributed by atoms with E-state index in [1.54, 1.807) is 18.2 Å². The third kappa shape index (κ3) is 3.41. The average Bonchev–Trinajstić information content (AvgIpc) is 2.49. The van der Waals surface area contributed by atoms with Crippen LogP contribution in [0.25, 0.3) is 0 Å². The second kappa shape index (κ2) is 6.41. The van der Waals surface area contributed by atoms with Gasteiger partial charge in [-0.15, -0.1) is 0 Å². The minimum Gasteiger partial charge on any atom is -0.322 e. The Morgan fingerprint density at radius 3 is 2.43 bits per heavy atom. The lowest BCUT2D eigenvalue weighted by atomic mass is 10.1. The van der Waals surface area contributed by atoms with Gasteiger partial charge >= 0.3 is 0 Å². The fraction of sp³-hybridized carbons (Fsp3) is 0. The fourth-order valence-corrected chi connectivity index (χ4v) is 2.08. The zero-order valence-electron chi connectivity index (χ0n) is 10.5. The lowest BCUT2D eigenvalue weighted by Gasteiger charge is -2.07. The van der Waals surface area contributed by atoms with Gasteiger partial charge in [-0.25, -0.2) is 0 Å². The molecule has 2 aromatic rings. The number of rotatable bonds is 2. The molecule has 0 atom stereocenters. The molecule has 21 heavy (non-hydrogen) atoms. The van der Waals surface area contributed by atoms with E-state index in [0.717, 1.165) is 0 Å². The number of anilines is 1. The summed E-state index contributed by atoms with van der Waals surface area (Å²) in [7, 11) is 0. The van der Waals surface area contributed by atoms with Crippen molar-refractivity contribution in [2.24, 2.45) is 0 Å². The Hall–Kier alpha value is -2.34. The van der Waals surface area contributed by atoms with E-state index in [2.05, 4.69) is 21.2 Å². The summed E-state index contributed by atoms with van der Waals surface area (Å²) >= 11 is 9.19. The second-order valence-corrected chi connectivity index (χ2v) is 5.33. The van der Waals surface area contributed by atoms with Gasteiger partial charge in [-0.2, -0.15) is 10.5 Å². The fourth-order valence-electron chi connectivity index (χ4n) is 1.65. The molecule has 0 heterocycles. The molecule has 2 aromatic carbocycles. The number of halogens is 2. The minimum absolute atomic E-state index is 0.212. The van der Waals surface area contributed by atoms with E-state index >= 15 is 0 Å². The number of nitriles is 2. The van der Waals surface area contributed by atoms with Crippen molar-refractivity contribution in [3.8, 4) is 12.1 Å². The Bertz CT molecular complexity index is 806. The van der Waals surface area contributed by atoms with Gasteiger partial charge in [-0.1, -0.05) is 11.6 Å². The van der Waals surface area contributed by atoms with E-state index < -0.39 is 0 Å². The maximum atomic E-state index is 12.1. The van der Waals surface area contributed by atoms with E-state index in [1.807, 2.05) is 12.1 Å². The summed E-state index contributed by atoms with van der Waals surface area (Å²) < 4.78 is 0.700. The maximum absolute atomic E-state index is 12.1. The van der Waals surface area contributed by atoms with Gasteiger partial charge < -0.3 is 5.32 Å². The second-order valence-electron chi connectivity index (χ2n) is 4.07. The van der Waals surface area contributed by atoms with Crippen molar-refractivity contribution in [1.82, 2.24) is 0 Å². The van der Waals surface area contributed by atoms with Crippen molar-refractivity contribution in [2.45, 2.75) is 0 Å². The van der Waals surface area contributed by atoms with Crippen LogP contribution in [0.1, 0.15) is 21.5 Å². The first kappa shape index (κ1) is 15.1. The van der Waals surface area contributed by atoms with Crippen LogP contribution >= 0.6 is 27.5 Å². The van der Waals surface area contributed by atoms with Crippen LogP contribution in [0.2, 0.25) is 5.02 Å². The molecule has 0 saturated carbocycles. The molecule has 1 amide bonds. The highest BCUT2D eigenvalue weighted by molar-refractivity contribution is 9.10. The van der Waals surface area contributed by atoms with Crippen molar-refractivity contribution in [3.63, 3.8) is 0 Å². The highest BCUT2D eigenvalue weighted by Gasteiger charge is 2.10. The molecule has 0 unspecified atom stereocenters. The number of hydrogen-bond acceptors (Lipinski definition) is 3. The summed E-state index contributed by atoms with van der Waals surface area (Å²) in [6.07, 6.45) is 0. The molecule has 0 fully saturated rings. The molecular weight excluding hydrogens is 354 g/mol. The third-order valence-electron chi connectivity index (χ3n) is 2.70. The van der Waals surface area contributed by atoms with Gasteiger partial charge in [-0.05, 0) is 52.3 Å². The molecule has 4 nitrogen and oxygen atoms in total. The van der Waals surface area contributed by atoms with Crippen LogP contribution in [0, 0.1) is 22.7 Å². The summed E-state index contributed by atoms with van der Waals surface area (Å²) in [6.45, 7) is 0. The first-order valence-electron chi connectivity index (χ1n) is 5.76. The number of amides is 1. The summed E-state index contributed by atoms with van der Waals surface area (Å²) in [5, 5.41) is 20.9. The molecule has 0 aliphatic rings. The van der Waals surface area contributed by atoms with Crippen LogP contribution < -0.4 is 5.32 Å². The molecule has 6 heteroatoms. The number of carbonyl (C=O) groups excluding carboxylic acids is 1. The SMILES string of the molecule is N#Cc1ccc(NC(=O)c2ccc(Br)c(Cl)c2)cc1C#N. The Morgan fingerprint density at radius 2 is 1.81 bits per heavy atom. The van der Waals surface area contributed by atoms with E-state index in [1.165, 1.54) is 18.2 Å². The van der Waals surface area contributed by atoms with Gasteiger partial charge in [-0.3, -0.25) is 4.79 Å². The maximum Gasteiger partial charge on any atom is 0.255 e. The lowest BCUT2D eigenvalue weighted by molar-refractivity contribution is 0.102. The number of carbonyl (C=O) groups is 1. The standard InChI is InChI=1S/C15H7BrClN3O/c16-13-4-2-9(6-14(13)17)15(21)20-12-3-1-10(7-18)11(5-12)8-19/h1-6H,(H,20,21). The van der Waals surface area contributed by atoms with Crippen molar-refractivity contribution >= 4 is 39.1 Å². The highest BCUT2D eigenvalue weighted by Crippen LogP contribution is 2.24. The lowest BCUT2D eigenvalue weighted by Crippen LogP contribution is -2.12. The van der Waals surface area contributed by atoms with Crippen LogP contribution in [0.3, 0.4) is 0 Å². The van der Waals surface area contributed by atoms with E-state index in [4.69, 9.17) is 22.1 Å². The first-order chi connectivity index (χ1) is 10.0. The highest BCUT2D eigenvalue weighted by atomic mass is 79.9. The van der Waals surface area contributed by atoms with Gasteiger partial charge in [0.25, 0.3) is 5.91 Å². The molecule has 0 aromatic heterocycles. The molecule has 1 N–H and O–H groups in total. The van der Waals surface area contributed by atoms with Gasteiger partial charge in [0.2, 0.25) is 0 Å². The van der Waals surface area contributed by atoms with Crippen molar-refractivity contribution in [1.29, 1.82) is 10.5 Å². The first-order valence-corrected chi connectivity index (χ1v) is 6.93. The smallest absolute Gasteiger partial charge is 0.255 e. The molecule has 0 saturated heterocycles. The van der Waals surface area contributed by atoms with Gasteiger partial charge in [0.05, 0.1) is 16.1 Å². The monoisotopic (exact) mass is 359 g/mol. The van der Waals surface area contributed by atoms with Gasteiger partial charge in [0.1, 0.15) is 12.1 Å². The Balaban J connectivity index is 2.26. The third-order valence-corrected chi connectivity index (χ3v) is 3.93. The normalized spacial score (nSPS) is 9.52. The number of benzene rings is 2. The molecule has 0 bridgehead atoms. The van der Waals surface area contributed by atoms with Crippen LogP contribution in [0.15, 0.2) is 40.9 Å². The predicted octanol–water partition coefficient (Wildman–Crippen LogP) is 4.10. The summed E-state index contributed by atoms with van der Waals surface area (Å²) in [4.78, 5) is 12.1. The molecule has 0 aliphatic carbocycles. The zero-order valence-corrected chi connectivity index (χ0v) is 12.9. The van der Waals surface area contributed by atoms with Crippen LogP contribution in [-0.2, 0) is 0 Å². The summed E-state index contributed by atoms with van der Waals surface area (Å²) in [6, 6.07) is 13.2. The van der Waals surface area contributed by atoms with Crippen LogP contribution in [-0.4, -0.2) is 5.91 Å². The number of hydrogen-bond donors (Lipinski definition) is 1. The molecular formula is C15H7BrClN3O. The van der Waals surface area contributed by atoms with Crippen LogP contribution in [0.4, 0.5) is 5.69 Å². The molecule has 0 radical (unpaired) electrons. The predicted molar refractivity (Wildman–Crippen MR) is 83.0 cm³/mol. The molecule has 0 aliphatic heterocycles. The number of nitrogens with one attached hydrogen (secondary N) is 1. The largest absolute Gasteiger partial charge is 0.322 e. The summed E-state index contributed by atoms with van der Waals surface area (Å²) in [5.74, 6) is -0.349. The van der Waals surface area contributed by atoms with Crippen molar-refractivity contribution < 1.29 is 4.79 Å². The topological polar surface area (TPSA) is 76.7 Å². The number of nitrogens with zero attached hydrogens (tertiary/aromatic N) is 2. The van der Waals surface area contributed by atoms with Gasteiger partial charge in [0, 0.05) is 15.7 Å². The Kier molecular flexibility index (Phi) is 4.59. The summed E-state index contributed by atoms with van der Waals surface area (Å²) in [5.41, 5.74) is 1.31. The molecule has 2 rings (SSSR count). The van der Waals surface area contributed by atoms with E-state index in [9.17, 15) is 4.79 Å². The van der Waals surface area contributed by atoms with Crippen molar-refractivity contribution in [2.75, 3.05) is 5.32 Å². The quantitative estimate of drug-likeness (QED) is 0.876. The molecule has 0 spiro atoms. The zero-order chi connectivity index (χ0) is 15.4. The van der Waals surface area contributed by atoms with Crippen LogP contribution in [0.5, 0.6) is 0 Å². The van der Waals surface area contributed by atoms with Gasteiger partial charge in [0.15, 0.2) is 0 Å². The van der Waals surface area contributed by atoms with E-state index in [-0.39, 0.29) is 17.0 Å². The Labute approximate surface area is 134 Å².